The van der Waals surface area contributed by atoms with Gasteiger partial charge < -0.3 is 14.7 Å². The van der Waals surface area contributed by atoms with Crippen LogP contribution in [0.4, 0.5) is 0 Å². The second kappa shape index (κ2) is 5.32. The second-order valence-corrected chi connectivity index (χ2v) is 4.41. The molecule has 0 spiro atoms. The van der Waals surface area contributed by atoms with Crippen LogP contribution in [0.1, 0.15) is 5.56 Å². The molecule has 1 aliphatic heterocycles. The molecule has 0 unspecified atom stereocenters. The Hall–Kier alpha value is -1.06. The molecule has 3 nitrogen and oxygen atoms in total. The lowest BCUT2D eigenvalue weighted by Gasteiger charge is -2.38. The second-order valence-electron chi connectivity index (χ2n) is 4.41. The Labute approximate surface area is 96.6 Å². The van der Waals surface area contributed by atoms with Gasteiger partial charge in [0.25, 0.3) is 0 Å². The summed E-state index contributed by atoms with van der Waals surface area (Å²) in [4.78, 5) is 2.38. The summed E-state index contributed by atoms with van der Waals surface area (Å²) < 4.78 is 5.12. The van der Waals surface area contributed by atoms with E-state index >= 15 is 0 Å². The van der Waals surface area contributed by atoms with Crippen LogP contribution in [0.25, 0.3) is 0 Å². The van der Waals surface area contributed by atoms with E-state index in [0.717, 1.165) is 31.8 Å². The smallest absolute Gasteiger partial charge is 0.118 e. The first-order valence-electron chi connectivity index (χ1n) is 5.78. The highest BCUT2D eigenvalue weighted by Crippen LogP contribution is 2.16. The van der Waals surface area contributed by atoms with Crippen molar-refractivity contribution in [1.29, 1.82) is 0 Å². The molecule has 0 saturated carbocycles. The molecule has 0 atom stereocenters. The fraction of sp³-hybridized carbons (Fsp3) is 0.538. The molecule has 0 radical (unpaired) electrons. The number of rotatable bonds is 5. The van der Waals surface area contributed by atoms with Gasteiger partial charge >= 0.3 is 0 Å². The van der Waals surface area contributed by atoms with Gasteiger partial charge in [-0.05, 0) is 24.1 Å². The number of benzene rings is 1. The Balaban J connectivity index is 1.73. The number of likely N-dealkylation sites (tertiary alicyclic amines) is 1. The van der Waals surface area contributed by atoms with Crippen molar-refractivity contribution in [3.8, 4) is 5.75 Å². The molecular weight excluding hydrogens is 202 g/mol. The number of aliphatic hydroxyl groups excluding tert-OH is 1. The number of hydrogen-bond acceptors (Lipinski definition) is 3. The minimum atomic E-state index is 0.332. The van der Waals surface area contributed by atoms with Gasteiger partial charge in [-0.2, -0.15) is 0 Å². The van der Waals surface area contributed by atoms with Gasteiger partial charge in [-0.3, -0.25) is 0 Å². The molecule has 0 aromatic heterocycles. The zero-order chi connectivity index (χ0) is 11.4. The van der Waals surface area contributed by atoms with Crippen molar-refractivity contribution in [2.75, 3.05) is 33.4 Å². The molecule has 1 saturated heterocycles. The van der Waals surface area contributed by atoms with Gasteiger partial charge in [-0.1, -0.05) is 12.1 Å². The molecule has 1 aromatic carbocycles. The van der Waals surface area contributed by atoms with Crippen LogP contribution < -0.4 is 4.74 Å². The lowest BCUT2D eigenvalue weighted by molar-refractivity contribution is 0.0551. The monoisotopic (exact) mass is 221 g/mol. The van der Waals surface area contributed by atoms with Gasteiger partial charge in [0.15, 0.2) is 0 Å². The normalized spacial score (nSPS) is 17.1. The topological polar surface area (TPSA) is 32.7 Å². The molecule has 0 aliphatic carbocycles. The van der Waals surface area contributed by atoms with Crippen LogP contribution in [-0.2, 0) is 6.42 Å². The third-order valence-corrected chi connectivity index (χ3v) is 3.17. The standard InChI is InChI=1S/C13H19NO2/c1-16-13-4-2-11(3-5-13)6-7-14-8-12(9-14)10-15/h2-5,12,15H,6-10H2,1H3. The van der Waals surface area contributed by atoms with E-state index in [-0.39, 0.29) is 0 Å². The Morgan fingerprint density at radius 3 is 2.56 bits per heavy atom. The van der Waals surface area contributed by atoms with Gasteiger partial charge in [0.05, 0.1) is 7.11 Å². The van der Waals surface area contributed by atoms with Gasteiger partial charge in [0.2, 0.25) is 0 Å². The summed E-state index contributed by atoms with van der Waals surface area (Å²) in [7, 11) is 1.68. The van der Waals surface area contributed by atoms with Crippen molar-refractivity contribution >= 4 is 0 Å². The van der Waals surface area contributed by atoms with Gasteiger partial charge in [0.1, 0.15) is 5.75 Å². The predicted molar refractivity (Wildman–Crippen MR) is 63.7 cm³/mol. The predicted octanol–water partition coefficient (Wildman–Crippen LogP) is 1.16. The van der Waals surface area contributed by atoms with Crippen LogP contribution >= 0.6 is 0 Å². The van der Waals surface area contributed by atoms with E-state index in [1.54, 1.807) is 7.11 Å². The quantitative estimate of drug-likeness (QED) is 0.810. The summed E-state index contributed by atoms with van der Waals surface area (Å²) in [5.74, 6) is 1.42. The van der Waals surface area contributed by atoms with E-state index in [9.17, 15) is 0 Å². The molecule has 1 aromatic rings. The third-order valence-electron chi connectivity index (χ3n) is 3.17. The average molecular weight is 221 g/mol. The van der Waals surface area contributed by atoms with E-state index in [2.05, 4.69) is 17.0 Å². The number of hydrogen-bond donors (Lipinski definition) is 1. The van der Waals surface area contributed by atoms with E-state index in [1.165, 1.54) is 5.56 Å². The Bertz CT molecular complexity index is 317. The Morgan fingerprint density at radius 1 is 1.31 bits per heavy atom. The number of methoxy groups -OCH3 is 1. The largest absolute Gasteiger partial charge is 0.497 e. The Morgan fingerprint density at radius 2 is 2.00 bits per heavy atom. The van der Waals surface area contributed by atoms with E-state index in [4.69, 9.17) is 9.84 Å². The van der Waals surface area contributed by atoms with E-state index in [0.29, 0.717) is 12.5 Å². The van der Waals surface area contributed by atoms with Crippen molar-refractivity contribution in [2.45, 2.75) is 6.42 Å². The van der Waals surface area contributed by atoms with Crippen LogP contribution in [0.3, 0.4) is 0 Å². The zero-order valence-corrected chi connectivity index (χ0v) is 9.72. The van der Waals surface area contributed by atoms with Crippen molar-refractivity contribution in [3.63, 3.8) is 0 Å². The van der Waals surface area contributed by atoms with E-state index in [1.807, 2.05) is 12.1 Å². The van der Waals surface area contributed by atoms with Crippen LogP contribution in [0.15, 0.2) is 24.3 Å². The molecule has 0 bridgehead atoms. The SMILES string of the molecule is COc1ccc(CCN2CC(CO)C2)cc1. The molecular formula is C13H19NO2. The number of aliphatic hydroxyl groups is 1. The highest BCUT2D eigenvalue weighted by molar-refractivity contribution is 5.27. The highest BCUT2D eigenvalue weighted by Gasteiger charge is 2.24. The molecule has 1 aliphatic rings. The van der Waals surface area contributed by atoms with Crippen molar-refractivity contribution in [3.05, 3.63) is 29.8 Å². The van der Waals surface area contributed by atoms with Gasteiger partial charge in [-0.25, -0.2) is 0 Å². The number of nitrogens with zero attached hydrogens (tertiary/aromatic N) is 1. The maximum absolute atomic E-state index is 8.91. The van der Waals surface area contributed by atoms with Gasteiger partial charge in [0, 0.05) is 32.2 Å². The molecule has 1 heterocycles. The summed E-state index contributed by atoms with van der Waals surface area (Å²) in [5.41, 5.74) is 1.34. The molecule has 2 rings (SSSR count). The first-order valence-corrected chi connectivity index (χ1v) is 5.78. The highest BCUT2D eigenvalue weighted by atomic mass is 16.5. The molecule has 0 amide bonds. The first kappa shape index (κ1) is 11.4. The molecule has 1 N–H and O–H groups in total. The van der Waals surface area contributed by atoms with E-state index < -0.39 is 0 Å². The summed E-state index contributed by atoms with van der Waals surface area (Å²) >= 11 is 0. The van der Waals surface area contributed by atoms with Crippen LogP contribution in [0, 0.1) is 5.92 Å². The van der Waals surface area contributed by atoms with Crippen LogP contribution in [0.2, 0.25) is 0 Å². The molecule has 3 heteroatoms. The summed E-state index contributed by atoms with van der Waals surface area (Å²) in [6.07, 6.45) is 1.07. The number of ether oxygens (including phenoxy) is 1. The fourth-order valence-corrected chi connectivity index (χ4v) is 2.05. The summed E-state index contributed by atoms with van der Waals surface area (Å²) in [5, 5.41) is 8.91. The maximum Gasteiger partial charge on any atom is 0.118 e. The van der Waals surface area contributed by atoms with Crippen molar-refractivity contribution < 1.29 is 9.84 Å². The Kier molecular flexibility index (Phi) is 3.80. The zero-order valence-electron chi connectivity index (χ0n) is 9.72. The lowest BCUT2D eigenvalue weighted by Crippen LogP contribution is -2.48. The first-order chi connectivity index (χ1) is 7.81. The van der Waals surface area contributed by atoms with Crippen LogP contribution in [-0.4, -0.2) is 43.4 Å². The average Bonchev–Trinajstić information content (AvgIpc) is 2.28. The third kappa shape index (κ3) is 2.74. The molecule has 16 heavy (non-hydrogen) atoms. The molecule has 88 valence electrons. The molecule has 1 fully saturated rings. The van der Waals surface area contributed by atoms with Crippen molar-refractivity contribution in [1.82, 2.24) is 4.90 Å². The van der Waals surface area contributed by atoms with Gasteiger partial charge in [-0.15, -0.1) is 0 Å². The summed E-state index contributed by atoms with van der Waals surface area (Å²) in [6.45, 7) is 3.52. The lowest BCUT2D eigenvalue weighted by atomic mass is 10.0. The minimum absolute atomic E-state index is 0.332. The maximum atomic E-state index is 8.91. The van der Waals surface area contributed by atoms with Crippen LogP contribution in [0.5, 0.6) is 5.75 Å². The van der Waals surface area contributed by atoms with Crippen molar-refractivity contribution in [2.24, 2.45) is 5.92 Å². The fourth-order valence-electron chi connectivity index (χ4n) is 2.05. The summed E-state index contributed by atoms with van der Waals surface area (Å²) in [6, 6.07) is 8.23. The minimum Gasteiger partial charge on any atom is -0.497 e.